The van der Waals surface area contributed by atoms with Crippen LogP contribution >= 0.6 is 0 Å². The summed E-state index contributed by atoms with van der Waals surface area (Å²) in [6, 6.07) is 0. The van der Waals surface area contributed by atoms with Crippen molar-refractivity contribution in [2.45, 2.75) is 39.2 Å². The predicted molar refractivity (Wildman–Crippen MR) is 36.1 cm³/mol. The Balaban J connectivity index is 3.04. The fourth-order valence-corrected chi connectivity index (χ4v) is 0.603. The van der Waals surface area contributed by atoms with Crippen LogP contribution < -0.4 is 0 Å². The molecule has 0 unspecified atom stereocenters. The highest BCUT2D eigenvalue weighted by atomic mass is 19.3. The molecule has 0 rings (SSSR count). The second-order valence-electron chi connectivity index (χ2n) is 2.36. The largest absolute Gasteiger partial charge is 0.352 e. The van der Waals surface area contributed by atoms with Crippen LogP contribution in [0.4, 0.5) is 8.78 Å². The molecule has 0 aromatic carbocycles. The third-order valence-corrected chi connectivity index (χ3v) is 1.10. The number of alkyl halides is 2. The van der Waals surface area contributed by atoms with Gasteiger partial charge in [-0.25, -0.2) is 0 Å². The van der Waals surface area contributed by atoms with Crippen LogP contribution in [0, 0.1) is 0 Å². The van der Waals surface area contributed by atoms with Gasteiger partial charge in [0.15, 0.2) is 0 Å². The highest BCUT2D eigenvalue weighted by molar-refractivity contribution is 4.41. The Morgan fingerprint density at radius 1 is 1.30 bits per heavy atom. The van der Waals surface area contributed by atoms with Crippen LogP contribution in [0.3, 0.4) is 0 Å². The van der Waals surface area contributed by atoms with Crippen molar-refractivity contribution in [1.29, 1.82) is 0 Å². The minimum Gasteiger partial charge on any atom is -0.321 e. The first kappa shape index (κ1) is 9.82. The van der Waals surface area contributed by atoms with E-state index < -0.39 is 6.11 Å². The number of ether oxygens (including phenoxy) is 1. The lowest BCUT2D eigenvalue weighted by Crippen LogP contribution is -2.15. The van der Waals surface area contributed by atoms with E-state index in [1.54, 1.807) is 0 Å². The topological polar surface area (TPSA) is 9.23 Å². The molecule has 0 saturated carbocycles. The van der Waals surface area contributed by atoms with Gasteiger partial charge in [0, 0.05) is 6.92 Å². The van der Waals surface area contributed by atoms with Crippen LogP contribution in [0.25, 0.3) is 0 Å². The molecule has 0 saturated heterocycles. The highest BCUT2D eigenvalue weighted by Crippen LogP contribution is 2.13. The Bertz CT molecular complexity index is 78.2. The SMILES string of the molecule is CCCCCOC(C)(F)F. The van der Waals surface area contributed by atoms with E-state index in [4.69, 9.17) is 0 Å². The van der Waals surface area contributed by atoms with Gasteiger partial charge < -0.3 is 4.74 Å². The second kappa shape index (κ2) is 4.61. The maximum absolute atomic E-state index is 11.9. The van der Waals surface area contributed by atoms with Crippen LogP contribution in [-0.2, 0) is 4.74 Å². The van der Waals surface area contributed by atoms with Gasteiger partial charge in [-0.1, -0.05) is 19.8 Å². The Kier molecular flexibility index (Phi) is 4.52. The van der Waals surface area contributed by atoms with Gasteiger partial charge in [0.25, 0.3) is 0 Å². The van der Waals surface area contributed by atoms with Crippen LogP contribution in [0.5, 0.6) is 0 Å². The lowest BCUT2D eigenvalue weighted by Gasteiger charge is -2.10. The van der Waals surface area contributed by atoms with E-state index in [0.29, 0.717) is 0 Å². The Morgan fingerprint density at radius 3 is 2.30 bits per heavy atom. The van der Waals surface area contributed by atoms with E-state index >= 15 is 0 Å². The summed E-state index contributed by atoms with van der Waals surface area (Å²) in [5.74, 6) is 0. The Hall–Kier alpha value is -0.180. The smallest absolute Gasteiger partial charge is 0.321 e. The molecule has 10 heavy (non-hydrogen) atoms. The summed E-state index contributed by atoms with van der Waals surface area (Å²) < 4.78 is 28.1. The first-order valence-corrected chi connectivity index (χ1v) is 3.58. The average Bonchev–Trinajstić information content (AvgIpc) is 1.78. The van der Waals surface area contributed by atoms with Gasteiger partial charge in [-0.05, 0) is 6.42 Å². The summed E-state index contributed by atoms with van der Waals surface area (Å²) in [6.45, 7) is 2.94. The molecule has 1 nitrogen and oxygen atoms in total. The lowest BCUT2D eigenvalue weighted by molar-refractivity contribution is -0.224. The van der Waals surface area contributed by atoms with Gasteiger partial charge in [-0.2, -0.15) is 8.78 Å². The zero-order valence-electron chi connectivity index (χ0n) is 6.49. The quantitative estimate of drug-likeness (QED) is 0.550. The second-order valence-corrected chi connectivity index (χ2v) is 2.36. The van der Waals surface area contributed by atoms with E-state index in [2.05, 4.69) is 4.74 Å². The zero-order valence-corrected chi connectivity index (χ0v) is 6.49. The number of rotatable bonds is 5. The van der Waals surface area contributed by atoms with Crippen molar-refractivity contribution in [3.63, 3.8) is 0 Å². The number of hydrogen-bond donors (Lipinski definition) is 0. The van der Waals surface area contributed by atoms with Crippen LogP contribution in [0.15, 0.2) is 0 Å². The van der Waals surface area contributed by atoms with Gasteiger partial charge in [0.1, 0.15) is 0 Å². The first-order chi connectivity index (χ1) is 4.56. The van der Waals surface area contributed by atoms with Crippen molar-refractivity contribution in [1.82, 2.24) is 0 Å². The molecular formula is C7H14F2O. The first-order valence-electron chi connectivity index (χ1n) is 3.58. The minimum atomic E-state index is -2.95. The Morgan fingerprint density at radius 2 is 1.90 bits per heavy atom. The van der Waals surface area contributed by atoms with Crippen LogP contribution in [-0.4, -0.2) is 12.7 Å². The van der Waals surface area contributed by atoms with E-state index in [0.717, 1.165) is 26.2 Å². The molecule has 0 bridgehead atoms. The summed E-state index contributed by atoms with van der Waals surface area (Å²) in [5, 5.41) is 0. The molecule has 0 fully saturated rings. The molecule has 0 aliphatic rings. The normalized spacial score (nSPS) is 12.0. The molecule has 0 aromatic heterocycles. The summed E-state index contributed by atoms with van der Waals surface area (Å²) in [7, 11) is 0. The average molecular weight is 152 g/mol. The molecular weight excluding hydrogens is 138 g/mol. The third-order valence-electron chi connectivity index (χ3n) is 1.10. The summed E-state index contributed by atoms with van der Waals surface area (Å²) >= 11 is 0. The van der Waals surface area contributed by atoms with Gasteiger partial charge >= 0.3 is 6.11 Å². The molecule has 0 radical (unpaired) electrons. The monoisotopic (exact) mass is 152 g/mol. The molecule has 0 amide bonds. The van der Waals surface area contributed by atoms with Gasteiger partial charge in [-0.15, -0.1) is 0 Å². The van der Waals surface area contributed by atoms with Crippen molar-refractivity contribution < 1.29 is 13.5 Å². The highest BCUT2D eigenvalue weighted by Gasteiger charge is 2.20. The molecule has 3 heteroatoms. The van der Waals surface area contributed by atoms with Crippen LogP contribution in [0.2, 0.25) is 0 Å². The van der Waals surface area contributed by atoms with Crippen LogP contribution in [0.1, 0.15) is 33.1 Å². The van der Waals surface area contributed by atoms with Crippen molar-refractivity contribution in [3.8, 4) is 0 Å². The summed E-state index contributed by atoms with van der Waals surface area (Å²) in [4.78, 5) is 0. The fraction of sp³-hybridized carbons (Fsp3) is 1.00. The maximum atomic E-state index is 11.9. The summed E-state index contributed by atoms with van der Waals surface area (Å²) in [6.07, 6.45) is -0.248. The van der Waals surface area contributed by atoms with Crippen molar-refractivity contribution in [2.75, 3.05) is 6.61 Å². The minimum absolute atomic E-state index is 0.164. The van der Waals surface area contributed by atoms with E-state index in [9.17, 15) is 8.78 Å². The van der Waals surface area contributed by atoms with E-state index in [1.807, 2.05) is 6.92 Å². The lowest BCUT2D eigenvalue weighted by atomic mass is 10.3. The number of hydrogen-bond acceptors (Lipinski definition) is 1. The zero-order chi connectivity index (χ0) is 8.04. The molecule has 0 spiro atoms. The predicted octanol–water partition coefficient (Wildman–Crippen LogP) is 2.81. The summed E-state index contributed by atoms with van der Waals surface area (Å²) in [5.41, 5.74) is 0. The molecule has 0 aliphatic heterocycles. The van der Waals surface area contributed by atoms with Gasteiger partial charge in [-0.3, -0.25) is 0 Å². The number of unbranched alkanes of at least 4 members (excludes halogenated alkanes) is 2. The molecule has 0 atom stereocenters. The van der Waals surface area contributed by atoms with E-state index in [-0.39, 0.29) is 6.61 Å². The molecule has 0 heterocycles. The van der Waals surface area contributed by atoms with Gasteiger partial charge in [0.2, 0.25) is 0 Å². The van der Waals surface area contributed by atoms with Crippen molar-refractivity contribution in [3.05, 3.63) is 0 Å². The standard InChI is InChI=1S/C7H14F2O/c1-3-4-5-6-10-7(2,8)9/h3-6H2,1-2H3. The van der Waals surface area contributed by atoms with Crippen molar-refractivity contribution in [2.24, 2.45) is 0 Å². The third kappa shape index (κ3) is 7.82. The molecule has 0 N–H and O–H groups in total. The molecule has 62 valence electrons. The van der Waals surface area contributed by atoms with Crippen molar-refractivity contribution >= 4 is 0 Å². The number of halogens is 2. The molecule has 0 aromatic rings. The Labute approximate surface area is 60.4 Å². The van der Waals surface area contributed by atoms with E-state index in [1.165, 1.54) is 0 Å². The maximum Gasteiger partial charge on any atom is 0.352 e. The van der Waals surface area contributed by atoms with Gasteiger partial charge in [0.05, 0.1) is 6.61 Å². The molecule has 0 aliphatic carbocycles. The fourth-order valence-electron chi connectivity index (χ4n) is 0.603.